The van der Waals surface area contributed by atoms with Gasteiger partial charge < -0.3 is 9.84 Å². The second-order valence-electron chi connectivity index (χ2n) is 5.66. The summed E-state index contributed by atoms with van der Waals surface area (Å²) in [5.74, 6) is 1.24. The van der Waals surface area contributed by atoms with E-state index >= 15 is 0 Å². The summed E-state index contributed by atoms with van der Waals surface area (Å²) in [5.41, 5.74) is 0.547. The molecule has 2 atom stereocenters. The molecule has 2 N–H and O–H groups in total. The molecule has 1 aliphatic rings. The Morgan fingerprint density at radius 2 is 2.14 bits per heavy atom. The zero-order chi connectivity index (χ0) is 15.5. The van der Waals surface area contributed by atoms with Gasteiger partial charge in [0, 0.05) is 6.54 Å². The summed E-state index contributed by atoms with van der Waals surface area (Å²) in [6.45, 7) is 2.42. The fourth-order valence-electron chi connectivity index (χ4n) is 2.85. The van der Waals surface area contributed by atoms with Gasteiger partial charge in [0.05, 0.1) is 13.7 Å². The van der Waals surface area contributed by atoms with E-state index in [0.29, 0.717) is 29.7 Å². The summed E-state index contributed by atoms with van der Waals surface area (Å²) in [6.07, 6.45) is 3.39. The van der Waals surface area contributed by atoms with Crippen molar-refractivity contribution >= 4 is 10.0 Å². The number of aliphatic hydroxyl groups excluding tert-OH is 1. The lowest BCUT2D eigenvalue weighted by Crippen LogP contribution is -2.30. The quantitative estimate of drug-likeness (QED) is 0.841. The number of rotatable bonds is 6. The highest BCUT2D eigenvalue weighted by molar-refractivity contribution is 7.89. The number of ether oxygens (including phenoxy) is 1. The van der Waals surface area contributed by atoms with Crippen LogP contribution in [0.15, 0.2) is 23.1 Å². The molecule has 0 spiro atoms. The molecule has 1 aromatic carbocycles. The molecule has 0 saturated heterocycles. The van der Waals surface area contributed by atoms with Gasteiger partial charge in [0.15, 0.2) is 0 Å². The molecule has 0 bridgehead atoms. The summed E-state index contributed by atoms with van der Waals surface area (Å²) >= 11 is 0. The maximum absolute atomic E-state index is 12.5. The Labute approximate surface area is 126 Å². The average Bonchev–Trinajstić information content (AvgIpc) is 2.90. The molecule has 1 saturated carbocycles. The third kappa shape index (κ3) is 3.75. The van der Waals surface area contributed by atoms with Gasteiger partial charge in [-0.15, -0.1) is 0 Å². The highest BCUT2D eigenvalue weighted by atomic mass is 32.2. The number of sulfonamides is 1. The number of aliphatic hydroxyl groups is 1. The number of hydrogen-bond acceptors (Lipinski definition) is 4. The average molecular weight is 313 g/mol. The first-order chi connectivity index (χ1) is 9.97. The Bertz CT molecular complexity index is 585. The van der Waals surface area contributed by atoms with E-state index < -0.39 is 10.0 Å². The van der Waals surface area contributed by atoms with Crippen molar-refractivity contribution in [1.82, 2.24) is 4.72 Å². The monoisotopic (exact) mass is 313 g/mol. The lowest BCUT2D eigenvalue weighted by atomic mass is 9.99. The van der Waals surface area contributed by atoms with Gasteiger partial charge in [0.2, 0.25) is 10.0 Å². The van der Waals surface area contributed by atoms with Gasteiger partial charge in [0.25, 0.3) is 0 Å². The first-order valence-corrected chi connectivity index (χ1v) is 8.73. The summed E-state index contributed by atoms with van der Waals surface area (Å²) in [5, 5.41) is 9.17. The number of methoxy groups -OCH3 is 1. The minimum absolute atomic E-state index is 0.0854. The first-order valence-electron chi connectivity index (χ1n) is 7.25. The molecule has 1 fully saturated rings. The standard InChI is InChI=1S/C15H23NO4S/c1-11-4-3-5-13(11)9-16-21(18,19)15-8-12(10-17)6-7-14(15)20-2/h6-8,11,13,16-17H,3-5,9-10H2,1-2H3. The molecule has 1 aliphatic carbocycles. The van der Waals surface area contributed by atoms with Crippen LogP contribution >= 0.6 is 0 Å². The van der Waals surface area contributed by atoms with Gasteiger partial charge in [-0.2, -0.15) is 0 Å². The van der Waals surface area contributed by atoms with Crippen LogP contribution in [0.1, 0.15) is 31.7 Å². The van der Waals surface area contributed by atoms with Crippen LogP contribution in [0.4, 0.5) is 0 Å². The second kappa shape index (κ2) is 6.77. The van der Waals surface area contributed by atoms with E-state index in [1.807, 2.05) is 0 Å². The Hall–Kier alpha value is -1.11. The molecular weight excluding hydrogens is 290 g/mol. The molecule has 118 valence electrons. The van der Waals surface area contributed by atoms with Crippen LogP contribution in [0.3, 0.4) is 0 Å². The van der Waals surface area contributed by atoms with E-state index in [2.05, 4.69) is 11.6 Å². The van der Waals surface area contributed by atoms with Crippen LogP contribution in [0.2, 0.25) is 0 Å². The van der Waals surface area contributed by atoms with Crippen LogP contribution in [0.25, 0.3) is 0 Å². The molecule has 1 aromatic rings. The fourth-order valence-corrected chi connectivity index (χ4v) is 4.16. The van der Waals surface area contributed by atoms with E-state index in [0.717, 1.165) is 19.3 Å². The van der Waals surface area contributed by atoms with Crippen LogP contribution in [-0.2, 0) is 16.6 Å². The summed E-state index contributed by atoms with van der Waals surface area (Å²) in [7, 11) is -2.20. The maximum atomic E-state index is 12.5. The Balaban J connectivity index is 2.18. The molecule has 0 amide bonds. The highest BCUT2D eigenvalue weighted by Crippen LogP contribution is 2.31. The molecule has 5 nitrogen and oxygen atoms in total. The van der Waals surface area contributed by atoms with Crippen LogP contribution < -0.4 is 9.46 Å². The van der Waals surface area contributed by atoms with Crippen molar-refractivity contribution in [3.05, 3.63) is 23.8 Å². The molecule has 2 unspecified atom stereocenters. The molecular formula is C15H23NO4S. The van der Waals surface area contributed by atoms with Crippen molar-refractivity contribution in [1.29, 1.82) is 0 Å². The molecule has 6 heteroatoms. The smallest absolute Gasteiger partial charge is 0.244 e. The highest BCUT2D eigenvalue weighted by Gasteiger charge is 2.26. The molecule has 0 aliphatic heterocycles. The lowest BCUT2D eigenvalue weighted by Gasteiger charge is -2.17. The van der Waals surface area contributed by atoms with Crippen molar-refractivity contribution in [3.63, 3.8) is 0 Å². The van der Waals surface area contributed by atoms with Gasteiger partial charge in [0.1, 0.15) is 10.6 Å². The maximum Gasteiger partial charge on any atom is 0.244 e. The van der Waals surface area contributed by atoms with Gasteiger partial charge in [-0.3, -0.25) is 0 Å². The number of hydrogen-bond donors (Lipinski definition) is 2. The Kier molecular flexibility index (Phi) is 5.24. The first kappa shape index (κ1) is 16.3. The molecule has 0 aromatic heterocycles. The zero-order valence-corrected chi connectivity index (χ0v) is 13.3. The molecule has 0 radical (unpaired) electrons. The van der Waals surface area contributed by atoms with Crippen LogP contribution in [-0.4, -0.2) is 27.2 Å². The molecule has 2 rings (SSSR count). The molecule has 0 heterocycles. The van der Waals surface area contributed by atoms with Gasteiger partial charge in [-0.25, -0.2) is 13.1 Å². The SMILES string of the molecule is COc1ccc(CO)cc1S(=O)(=O)NCC1CCCC1C. The minimum atomic E-state index is -3.63. The lowest BCUT2D eigenvalue weighted by molar-refractivity contribution is 0.281. The predicted octanol–water partition coefficient (Wildman–Crippen LogP) is 1.90. The fraction of sp³-hybridized carbons (Fsp3) is 0.600. The van der Waals surface area contributed by atoms with Crippen molar-refractivity contribution in [2.45, 2.75) is 37.7 Å². The van der Waals surface area contributed by atoms with E-state index in [-0.39, 0.29) is 11.5 Å². The minimum Gasteiger partial charge on any atom is -0.495 e. The van der Waals surface area contributed by atoms with Crippen LogP contribution in [0.5, 0.6) is 5.75 Å². The number of benzene rings is 1. The number of nitrogens with one attached hydrogen (secondary N) is 1. The van der Waals surface area contributed by atoms with Crippen molar-refractivity contribution in [2.24, 2.45) is 11.8 Å². The summed E-state index contributed by atoms with van der Waals surface area (Å²) in [6, 6.07) is 4.68. The van der Waals surface area contributed by atoms with Crippen molar-refractivity contribution in [2.75, 3.05) is 13.7 Å². The van der Waals surface area contributed by atoms with E-state index in [9.17, 15) is 13.5 Å². The van der Waals surface area contributed by atoms with E-state index in [1.165, 1.54) is 13.2 Å². The molecule has 21 heavy (non-hydrogen) atoms. The largest absolute Gasteiger partial charge is 0.495 e. The van der Waals surface area contributed by atoms with E-state index in [1.54, 1.807) is 12.1 Å². The topological polar surface area (TPSA) is 75.6 Å². The Morgan fingerprint density at radius 3 is 2.71 bits per heavy atom. The van der Waals surface area contributed by atoms with Crippen molar-refractivity contribution < 1.29 is 18.3 Å². The van der Waals surface area contributed by atoms with Crippen molar-refractivity contribution in [3.8, 4) is 5.75 Å². The van der Waals surface area contributed by atoms with Gasteiger partial charge in [-0.1, -0.05) is 25.8 Å². The third-order valence-electron chi connectivity index (χ3n) is 4.27. The normalized spacial score (nSPS) is 22.4. The van der Waals surface area contributed by atoms with Gasteiger partial charge >= 0.3 is 0 Å². The summed E-state index contributed by atoms with van der Waals surface area (Å²) in [4.78, 5) is 0.0854. The zero-order valence-electron chi connectivity index (χ0n) is 12.5. The van der Waals surface area contributed by atoms with Gasteiger partial charge in [-0.05, 0) is 36.0 Å². The van der Waals surface area contributed by atoms with Crippen LogP contribution in [0, 0.1) is 11.8 Å². The second-order valence-corrected chi connectivity index (χ2v) is 7.40. The Morgan fingerprint density at radius 1 is 1.38 bits per heavy atom. The summed E-state index contributed by atoms with van der Waals surface area (Å²) < 4.78 is 32.7. The predicted molar refractivity (Wildman–Crippen MR) is 80.6 cm³/mol. The van der Waals surface area contributed by atoms with E-state index in [4.69, 9.17) is 4.74 Å². The third-order valence-corrected chi connectivity index (χ3v) is 5.72.